The summed E-state index contributed by atoms with van der Waals surface area (Å²) in [5, 5.41) is 12.8. The van der Waals surface area contributed by atoms with Gasteiger partial charge in [0.2, 0.25) is 5.91 Å². The second-order valence-electron chi connectivity index (χ2n) is 9.08. The molecule has 5 rings (SSSR count). The summed E-state index contributed by atoms with van der Waals surface area (Å²) in [6.07, 6.45) is 3.79. The van der Waals surface area contributed by atoms with E-state index in [-0.39, 0.29) is 18.0 Å². The van der Waals surface area contributed by atoms with Gasteiger partial charge >= 0.3 is 0 Å². The highest BCUT2D eigenvalue weighted by Crippen LogP contribution is 2.41. The minimum atomic E-state index is -0.319. The molecule has 0 radical (unpaired) electrons. The number of amides is 1. The highest BCUT2D eigenvalue weighted by atomic mass is 16.2. The number of aromatic nitrogens is 4. The third kappa shape index (κ3) is 3.95. The molecule has 0 unspecified atom stereocenters. The van der Waals surface area contributed by atoms with Crippen LogP contribution in [0.3, 0.4) is 0 Å². The van der Waals surface area contributed by atoms with Crippen molar-refractivity contribution in [2.24, 2.45) is 0 Å². The van der Waals surface area contributed by atoms with Gasteiger partial charge in [-0.05, 0) is 75.4 Å². The topological polar surface area (TPSA) is 81.8 Å². The Labute approximate surface area is 192 Å². The number of anilines is 1. The molecule has 33 heavy (non-hydrogen) atoms. The Morgan fingerprint density at radius 1 is 1.03 bits per heavy atom. The number of hydrogen-bond donors (Lipinski definition) is 1. The summed E-state index contributed by atoms with van der Waals surface area (Å²) in [4.78, 5) is 26.3. The summed E-state index contributed by atoms with van der Waals surface area (Å²) in [6.45, 7) is 7.90. The highest BCUT2D eigenvalue weighted by Gasteiger charge is 2.30. The van der Waals surface area contributed by atoms with Crippen molar-refractivity contribution in [3.8, 4) is 5.69 Å². The van der Waals surface area contributed by atoms with Crippen LogP contribution in [0.5, 0.6) is 0 Å². The van der Waals surface area contributed by atoms with Crippen molar-refractivity contribution in [1.82, 2.24) is 19.6 Å². The molecule has 1 N–H and O–H groups in total. The first-order valence-corrected chi connectivity index (χ1v) is 11.3. The van der Waals surface area contributed by atoms with E-state index in [1.54, 1.807) is 10.9 Å². The molecule has 0 saturated heterocycles. The number of carbonyl (C=O) groups is 1. The Hall–Kier alpha value is -3.74. The number of fused-ring (bicyclic) bond motifs is 1. The first kappa shape index (κ1) is 21.1. The standard InChI is InChI=1S/C26H27N5O2/c1-15-5-10-22(18(4)11-15)28-23(32)14-30-26(33)25-21(24(29-30)19-7-8-19)13-27-31(25)20-9-6-16(2)17(3)12-20/h5-6,9-13,19H,7-8,14H2,1-4H3,(H,28,32). The molecule has 7 nitrogen and oxygen atoms in total. The van der Waals surface area contributed by atoms with E-state index >= 15 is 0 Å². The molecule has 0 aliphatic heterocycles. The quantitative estimate of drug-likeness (QED) is 0.500. The van der Waals surface area contributed by atoms with Gasteiger partial charge in [0.15, 0.2) is 0 Å². The minimum Gasteiger partial charge on any atom is -0.324 e. The van der Waals surface area contributed by atoms with E-state index in [0.29, 0.717) is 11.4 Å². The molecule has 0 atom stereocenters. The molecule has 0 bridgehead atoms. The summed E-state index contributed by atoms with van der Waals surface area (Å²) in [5.41, 5.74) is 6.96. The molecule has 1 amide bonds. The van der Waals surface area contributed by atoms with Crippen molar-refractivity contribution in [2.75, 3.05) is 5.32 Å². The van der Waals surface area contributed by atoms with Crippen molar-refractivity contribution in [3.63, 3.8) is 0 Å². The van der Waals surface area contributed by atoms with E-state index in [1.165, 1.54) is 10.2 Å². The number of hydrogen-bond acceptors (Lipinski definition) is 4. The van der Waals surface area contributed by atoms with Crippen molar-refractivity contribution in [2.45, 2.75) is 53.0 Å². The normalized spacial score (nSPS) is 13.5. The van der Waals surface area contributed by atoms with E-state index in [9.17, 15) is 9.59 Å². The van der Waals surface area contributed by atoms with Crippen molar-refractivity contribution in [3.05, 3.63) is 80.9 Å². The molecule has 1 aliphatic carbocycles. The molecule has 1 saturated carbocycles. The van der Waals surface area contributed by atoms with Crippen LogP contribution in [0.1, 0.15) is 46.7 Å². The van der Waals surface area contributed by atoms with Gasteiger partial charge in [-0.3, -0.25) is 9.59 Å². The maximum atomic E-state index is 13.5. The number of nitrogens with one attached hydrogen (secondary N) is 1. The van der Waals surface area contributed by atoms with E-state index in [1.807, 2.05) is 57.2 Å². The molecule has 4 aromatic rings. The largest absolute Gasteiger partial charge is 0.324 e. The lowest BCUT2D eigenvalue weighted by Gasteiger charge is -2.12. The fraction of sp³-hybridized carbons (Fsp3) is 0.308. The molecule has 168 valence electrons. The second-order valence-corrected chi connectivity index (χ2v) is 9.08. The minimum absolute atomic E-state index is 0.153. The van der Waals surface area contributed by atoms with Crippen LogP contribution in [0, 0.1) is 27.7 Å². The molecule has 0 spiro atoms. The van der Waals surface area contributed by atoms with Gasteiger partial charge in [-0.25, -0.2) is 9.36 Å². The third-order valence-electron chi connectivity index (χ3n) is 6.36. The van der Waals surface area contributed by atoms with Crippen LogP contribution in [-0.2, 0) is 11.3 Å². The Morgan fingerprint density at radius 2 is 1.82 bits per heavy atom. The Bertz CT molecular complexity index is 1460. The third-order valence-corrected chi connectivity index (χ3v) is 6.36. The zero-order valence-corrected chi connectivity index (χ0v) is 19.3. The molecule has 1 fully saturated rings. The Morgan fingerprint density at radius 3 is 2.52 bits per heavy atom. The maximum Gasteiger partial charge on any atom is 0.293 e. The highest BCUT2D eigenvalue weighted by molar-refractivity contribution is 5.91. The fourth-order valence-corrected chi connectivity index (χ4v) is 4.19. The lowest BCUT2D eigenvalue weighted by atomic mass is 10.1. The molecular weight excluding hydrogens is 414 g/mol. The van der Waals surface area contributed by atoms with E-state index in [0.717, 1.165) is 52.0 Å². The van der Waals surface area contributed by atoms with Gasteiger partial charge in [-0.1, -0.05) is 23.8 Å². The van der Waals surface area contributed by atoms with Gasteiger partial charge in [0.1, 0.15) is 12.1 Å². The summed E-state index contributed by atoms with van der Waals surface area (Å²) in [5.74, 6) is 0.0223. The summed E-state index contributed by atoms with van der Waals surface area (Å²) < 4.78 is 2.96. The number of carbonyl (C=O) groups excluding carboxylic acids is 1. The number of rotatable bonds is 5. The average molecular weight is 442 g/mol. The monoisotopic (exact) mass is 441 g/mol. The lowest BCUT2D eigenvalue weighted by Crippen LogP contribution is -2.31. The molecular formula is C26H27N5O2. The molecule has 2 heterocycles. The number of nitrogens with zero attached hydrogens (tertiary/aromatic N) is 4. The molecule has 1 aliphatic rings. The zero-order chi connectivity index (χ0) is 23.3. The van der Waals surface area contributed by atoms with Crippen LogP contribution >= 0.6 is 0 Å². The van der Waals surface area contributed by atoms with E-state index < -0.39 is 0 Å². The van der Waals surface area contributed by atoms with Gasteiger partial charge in [0.25, 0.3) is 5.56 Å². The van der Waals surface area contributed by atoms with Crippen molar-refractivity contribution in [1.29, 1.82) is 0 Å². The lowest BCUT2D eigenvalue weighted by molar-refractivity contribution is -0.117. The summed E-state index contributed by atoms with van der Waals surface area (Å²) >= 11 is 0. The van der Waals surface area contributed by atoms with Gasteiger partial charge in [0, 0.05) is 17.0 Å². The van der Waals surface area contributed by atoms with Crippen LogP contribution in [0.15, 0.2) is 47.4 Å². The number of benzene rings is 2. The molecule has 2 aromatic carbocycles. The smallest absolute Gasteiger partial charge is 0.293 e. The first-order chi connectivity index (χ1) is 15.8. The van der Waals surface area contributed by atoms with Crippen LogP contribution in [0.25, 0.3) is 16.6 Å². The summed E-state index contributed by atoms with van der Waals surface area (Å²) in [7, 11) is 0. The predicted molar refractivity (Wildman–Crippen MR) is 129 cm³/mol. The Balaban J connectivity index is 1.56. The SMILES string of the molecule is Cc1ccc(NC(=O)Cn2nc(C3CC3)c3cnn(-c4ccc(C)c(C)c4)c3c2=O)c(C)c1. The van der Waals surface area contributed by atoms with Crippen LogP contribution in [0.2, 0.25) is 0 Å². The van der Waals surface area contributed by atoms with Crippen molar-refractivity contribution >= 4 is 22.5 Å². The van der Waals surface area contributed by atoms with Crippen LogP contribution < -0.4 is 10.9 Å². The maximum absolute atomic E-state index is 13.5. The Kier molecular flexibility index (Phi) is 5.12. The average Bonchev–Trinajstić information content (AvgIpc) is 3.52. The van der Waals surface area contributed by atoms with Gasteiger partial charge in [0.05, 0.1) is 17.6 Å². The predicted octanol–water partition coefficient (Wildman–Crippen LogP) is 4.33. The molecule has 7 heteroatoms. The fourth-order valence-electron chi connectivity index (χ4n) is 4.19. The van der Waals surface area contributed by atoms with Crippen LogP contribution in [0.4, 0.5) is 5.69 Å². The molecule has 2 aromatic heterocycles. The number of aryl methyl sites for hydroxylation is 4. The summed E-state index contributed by atoms with van der Waals surface area (Å²) in [6, 6.07) is 11.9. The van der Waals surface area contributed by atoms with Gasteiger partial charge in [-0.15, -0.1) is 0 Å². The van der Waals surface area contributed by atoms with Crippen molar-refractivity contribution < 1.29 is 4.79 Å². The van der Waals surface area contributed by atoms with E-state index in [2.05, 4.69) is 22.4 Å². The van der Waals surface area contributed by atoms with Gasteiger partial charge in [-0.2, -0.15) is 10.2 Å². The second kappa shape index (κ2) is 7.99. The zero-order valence-electron chi connectivity index (χ0n) is 19.3. The van der Waals surface area contributed by atoms with Crippen LogP contribution in [-0.4, -0.2) is 25.5 Å². The first-order valence-electron chi connectivity index (χ1n) is 11.3. The van der Waals surface area contributed by atoms with Gasteiger partial charge < -0.3 is 5.32 Å². The van der Waals surface area contributed by atoms with E-state index in [4.69, 9.17) is 0 Å².